The van der Waals surface area contributed by atoms with E-state index in [1.807, 2.05) is 13.8 Å². The topological polar surface area (TPSA) is 293 Å². The van der Waals surface area contributed by atoms with Gasteiger partial charge in [0.05, 0.1) is 0 Å². The average Bonchev–Trinajstić information content (AvgIpc) is 2.88. The summed E-state index contributed by atoms with van der Waals surface area (Å²) in [5.74, 6) is -1.74. The standard InChI is InChI=1S/C21H41O18P3S/c1-3-5-7-9-14(22)35-11-13(36-15(23)10-8-6-4-2)12-43-42(33,34)39-19-16(24)17(25)20(37-40(27,28)29)21(18(19)26)38-41(30,31)32/h13,16-21,24-26H,3-12H2,1-2H3,(H,33,34)(H2,27,28,29)(H2,30,31,32)/t13-,16-,17+,18+,19-,20-,21-/m1/s1. The van der Waals surface area contributed by atoms with Crippen LogP contribution >= 0.6 is 33.8 Å². The molecule has 8 atom stereocenters. The Morgan fingerprint density at radius 2 is 1.16 bits per heavy atom. The van der Waals surface area contributed by atoms with Crippen LogP contribution in [0.2, 0.25) is 0 Å². The van der Waals surface area contributed by atoms with Gasteiger partial charge < -0.3 is 49.3 Å². The van der Waals surface area contributed by atoms with Crippen molar-refractivity contribution in [2.24, 2.45) is 0 Å². The van der Waals surface area contributed by atoms with E-state index in [-0.39, 0.29) is 24.2 Å². The molecule has 1 unspecified atom stereocenters. The lowest BCUT2D eigenvalue weighted by Crippen LogP contribution is -2.65. The Morgan fingerprint density at radius 3 is 1.65 bits per heavy atom. The molecule has 1 saturated carbocycles. The van der Waals surface area contributed by atoms with Crippen LogP contribution in [0.1, 0.15) is 65.2 Å². The van der Waals surface area contributed by atoms with Crippen LogP contribution in [0.25, 0.3) is 0 Å². The van der Waals surface area contributed by atoms with Crippen LogP contribution in [0, 0.1) is 0 Å². The highest BCUT2D eigenvalue weighted by molar-refractivity contribution is 8.54. The minimum Gasteiger partial charge on any atom is -0.462 e. The number of esters is 2. The number of rotatable bonds is 20. The molecule has 1 rings (SSSR count). The van der Waals surface area contributed by atoms with Crippen LogP contribution in [0.15, 0.2) is 0 Å². The summed E-state index contributed by atoms with van der Waals surface area (Å²) in [7, 11) is -11.0. The molecule has 0 saturated heterocycles. The van der Waals surface area contributed by atoms with Gasteiger partial charge in [-0.15, -0.1) is 0 Å². The third-order valence-corrected chi connectivity index (χ3v) is 9.99. The summed E-state index contributed by atoms with van der Waals surface area (Å²) in [5.41, 5.74) is 0. The van der Waals surface area contributed by atoms with Gasteiger partial charge in [-0.3, -0.25) is 23.2 Å². The first-order valence-electron chi connectivity index (χ1n) is 13.3. The molecule has 0 aromatic heterocycles. The van der Waals surface area contributed by atoms with Crippen LogP contribution in [0.3, 0.4) is 0 Å². The van der Waals surface area contributed by atoms with Crippen molar-refractivity contribution in [3.8, 4) is 0 Å². The summed E-state index contributed by atoms with van der Waals surface area (Å²) in [5, 5.41) is 31.3. The first-order chi connectivity index (χ1) is 19.8. The highest BCUT2D eigenvalue weighted by atomic mass is 32.7. The van der Waals surface area contributed by atoms with Crippen molar-refractivity contribution in [3.05, 3.63) is 0 Å². The molecular formula is C21H41O18P3S. The predicted molar refractivity (Wildman–Crippen MR) is 148 cm³/mol. The largest absolute Gasteiger partial charge is 0.470 e. The van der Waals surface area contributed by atoms with E-state index >= 15 is 0 Å². The molecule has 22 heteroatoms. The minimum absolute atomic E-state index is 0.0316. The Morgan fingerprint density at radius 1 is 0.698 bits per heavy atom. The molecule has 0 radical (unpaired) electrons. The fraction of sp³-hybridized carbons (Fsp3) is 0.905. The Hall–Kier alpha value is -0.460. The molecule has 0 spiro atoms. The number of hydrogen-bond acceptors (Lipinski definition) is 14. The van der Waals surface area contributed by atoms with Crippen molar-refractivity contribution in [2.75, 3.05) is 12.4 Å². The van der Waals surface area contributed by atoms with E-state index in [0.29, 0.717) is 12.8 Å². The number of carbonyl (C=O) groups is 2. The molecule has 1 aliphatic carbocycles. The fourth-order valence-corrected chi connectivity index (χ4v) is 7.68. The number of ether oxygens (including phenoxy) is 2. The maximum absolute atomic E-state index is 12.9. The Labute approximate surface area is 252 Å². The molecule has 8 N–H and O–H groups in total. The van der Waals surface area contributed by atoms with Gasteiger partial charge in [-0.1, -0.05) is 39.5 Å². The highest BCUT2D eigenvalue weighted by Gasteiger charge is 2.56. The van der Waals surface area contributed by atoms with Gasteiger partial charge in [-0.05, 0) is 24.2 Å². The minimum atomic E-state index is -5.54. The maximum Gasteiger partial charge on any atom is 0.470 e. The predicted octanol–water partition coefficient (Wildman–Crippen LogP) is 0.873. The van der Waals surface area contributed by atoms with Crippen LogP contribution in [-0.2, 0) is 46.3 Å². The maximum atomic E-state index is 12.9. The lowest BCUT2D eigenvalue weighted by molar-refractivity contribution is -0.210. The van der Waals surface area contributed by atoms with Crippen molar-refractivity contribution in [1.29, 1.82) is 0 Å². The molecule has 43 heavy (non-hydrogen) atoms. The molecule has 1 aliphatic rings. The van der Waals surface area contributed by atoms with Gasteiger partial charge >= 0.3 is 34.4 Å². The second-order valence-electron chi connectivity index (χ2n) is 9.64. The van der Waals surface area contributed by atoms with Crippen molar-refractivity contribution in [3.63, 3.8) is 0 Å². The van der Waals surface area contributed by atoms with Gasteiger partial charge in [0.15, 0.2) is 0 Å². The average molecular weight is 707 g/mol. The van der Waals surface area contributed by atoms with Gasteiger partial charge in [-0.2, -0.15) is 0 Å². The van der Waals surface area contributed by atoms with Crippen molar-refractivity contribution in [1.82, 2.24) is 0 Å². The number of phosphoric ester groups is 2. The zero-order valence-corrected chi connectivity index (χ0v) is 27.0. The second kappa shape index (κ2) is 18.6. The summed E-state index contributed by atoms with van der Waals surface area (Å²) >= 11 is 0.121. The molecule has 0 aromatic carbocycles. The lowest BCUT2D eigenvalue weighted by atomic mass is 9.85. The Balaban J connectivity index is 3.03. The van der Waals surface area contributed by atoms with E-state index in [1.54, 1.807) is 0 Å². The highest BCUT2D eigenvalue weighted by Crippen LogP contribution is 2.58. The molecule has 1 fully saturated rings. The zero-order valence-electron chi connectivity index (χ0n) is 23.5. The lowest BCUT2D eigenvalue weighted by Gasteiger charge is -2.44. The quantitative estimate of drug-likeness (QED) is 0.0495. The molecule has 254 valence electrons. The summed E-state index contributed by atoms with van der Waals surface area (Å²) in [4.78, 5) is 71.2. The summed E-state index contributed by atoms with van der Waals surface area (Å²) in [6.07, 6.45) is -11.3. The fourth-order valence-electron chi connectivity index (χ4n) is 3.87. The number of hydrogen-bond donors (Lipinski definition) is 8. The van der Waals surface area contributed by atoms with Gasteiger partial charge in [0.2, 0.25) is 0 Å². The molecule has 0 bridgehead atoms. The molecule has 0 heterocycles. The SMILES string of the molecule is CCCCCC(=O)OC[C@H](CSP(=O)(O)O[C@@H]1[C@H](O)[C@H](O)[C@@H](OP(=O)(O)O)[C@H](OP(=O)(O)O)[C@H]1O)OC(=O)CCCCC. The van der Waals surface area contributed by atoms with E-state index in [2.05, 4.69) is 9.05 Å². The number of unbranched alkanes of at least 4 members (excludes halogenated alkanes) is 4. The number of aliphatic hydroxyl groups excluding tert-OH is 3. The number of phosphoric acid groups is 2. The second-order valence-corrected chi connectivity index (χ2v) is 15.9. The van der Waals surface area contributed by atoms with E-state index in [9.17, 15) is 43.5 Å². The first-order valence-corrected chi connectivity index (χ1v) is 19.6. The third kappa shape index (κ3) is 16.1. The van der Waals surface area contributed by atoms with Crippen LogP contribution in [0.5, 0.6) is 0 Å². The van der Waals surface area contributed by atoms with Crippen LogP contribution in [0.4, 0.5) is 0 Å². The monoisotopic (exact) mass is 706 g/mol. The summed E-state index contributed by atoms with van der Waals surface area (Å²) in [6, 6.07) is 0. The molecule has 0 aliphatic heterocycles. The van der Waals surface area contributed by atoms with Gasteiger partial charge in [0.1, 0.15) is 49.3 Å². The van der Waals surface area contributed by atoms with Crippen molar-refractivity contribution < 1.29 is 86.1 Å². The van der Waals surface area contributed by atoms with E-state index < -0.39 is 89.5 Å². The summed E-state index contributed by atoms with van der Waals surface area (Å²) in [6.45, 7) is -1.59. The van der Waals surface area contributed by atoms with Crippen LogP contribution in [-0.4, -0.2) is 107 Å². The Bertz CT molecular complexity index is 1020. The van der Waals surface area contributed by atoms with Gasteiger partial charge in [-0.25, -0.2) is 13.7 Å². The smallest absolute Gasteiger partial charge is 0.462 e. The molecule has 18 nitrogen and oxygen atoms in total. The zero-order chi connectivity index (χ0) is 33.0. The number of carbonyl (C=O) groups excluding carboxylic acids is 2. The van der Waals surface area contributed by atoms with Crippen LogP contribution < -0.4 is 0 Å². The van der Waals surface area contributed by atoms with Crippen molar-refractivity contribution in [2.45, 2.75) is 108 Å². The van der Waals surface area contributed by atoms with E-state index in [1.165, 1.54) is 0 Å². The summed E-state index contributed by atoms with van der Waals surface area (Å²) < 4.78 is 59.5. The van der Waals surface area contributed by atoms with E-state index in [4.69, 9.17) is 33.6 Å². The number of aliphatic hydroxyl groups is 3. The molecular weight excluding hydrogens is 665 g/mol. The molecule has 0 aromatic rings. The van der Waals surface area contributed by atoms with Crippen molar-refractivity contribution >= 4 is 45.8 Å². The van der Waals surface area contributed by atoms with Gasteiger partial charge in [0, 0.05) is 18.6 Å². The van der Waals surface area contributed by atoms with Gasteiger partial charge in [0.25, 0.3) is 0 Å². The van der Waals surface area contributed by atoms with E-state index in [0.717, 1.165) is 25.7 Å². The first kappa shape index (κ1) is 40.6. The molecule has 0 amide bonds. The third-order valence-electron chi connectivity index (χ3n) is 5.91. The Kier molecular flexibility index (Phi) is 17.6. The normalized spacial score (nSPS) is 26.8.